The molecule has 0 saturated heterocycles. The first-order chi connectivity index (χ1) is 15.7. The van der Waals surface area contributed by atoms with Gasteiger partial charge in [-0.2, -0.15) is 0 Å². The normalized spacial score (nSPS) is 17.4. The molecular formula is C28H22ClNOS. The highest BCUT2D eigenvalue weighted by Gasteiger charge is 2.51. The van der Waals surface area contributed by atoms with E-state index in [1.54, 1.807) is 11.8 Å². The molecule has 5 rings (SSSR count). The monoisotopic (exact) mass is 455 g/mol. The van der Waals surface area contributed by atoms with E-state index in [1.807, 2.05) is 71.6 Å². The second kappa shape index (κ2) is 8.85. The van der Waals surface area contributed by atoms with Gasteiger partial charge in [0.1, 0.15) is 4.87 Å². The molecule has 0 aliphatic carbocycles. The van der Waals surface area contributed by atoms with Gasteiger partial charge in [0.25, 0.3) is 5.91 Å². The molecule has 2 nitrogen and oxygen atoms in total. The van der Waals surface area contributed by atoms with Crippen molar-refractivity contribution in [3.05, 3.63) is 142 Å². The highest BCUT2D eigenvalue weighted by molar-refractivity contribution is 7.99. The molecule has 0 saturated carbocycles. The summed E-state index contributed by atoms with van der Waals surface area (Å²) in [6.45, 7) is 0.527. The number of rotatable bonds is 6. The van der Waals surface area contributed by atoms with Crippen molar-refractivity contribution >= 4 is 29.3 Å². The molecule has 4 aromatic carbocycles. The van der Waals surface area contributed by atoms with Crippen molar-refractivity contribution in [3.8, 4) is 0 Å². The highest BCUT2D eigenvalue weighted by atomic mass is 35.5. The van der Waals surface area contributed by atoms with Crippen LogP contribution in [0, 0.1) is 0 Å². The molecule has 0 radical (unpaired) electrons. The molecule has 4 heteroatoms. The van der Waals surface area contributed by atoms with Crippen LogP contribution in [0.25, 0.3) is 0 Å². The van der Waals surface area contributed by atoms with Crippen molar-refractivity contribution in [2.75, 3.05) is 0 Å². The van der Waals surface area contributed by atoms with Gasteiger partial charge in [-0.1, -0.05) is 103 Å². The third kappa shape index (κ3) is 3.72. The Kier molecular flexibility index (Phi) is 5.77. The average Bonchev–Trinajstić information content (AvgIpc) is 3.08. The molecule has 32 heavy (non-hydrogen) atoms. The summed E-state index contributed by atoms with van der Waals surface area (Å²) in [6.07, 6.45) is 0. The Morgan fingerprint density at radius 2 is 1.31 bits per heavy atom. The lowest BCUT2D eigenvalue weighted by Crippen LogP contribution is -2.42. The van der Waals surface area contributed by atoms with Crippen LogP contribution in [0.1, 0.15) is 32.6 Å². The number of nitrogens with zero attached hydrogens (tertiary/aromatic N) is 1. The topological polar surface area (TPSA) is 20.3 Å². The minimum absolute atomic E-state index is 0.0555. The number of halogens is 1. The predicted octanol–water partition coefficient (Wildman–Crippen LogP) is 7.13. The number of amides is 1. The lowest BCUT2D eigenvalue weighted by atomic mass is 9.96. The third-order valence-corrected chi connectivity index (χ3v) is 7.68. The van der Waals surface area contributed by atoms with E-state index in [4.69, 9.17) is 11.6 Å². The Hall–Kier alpha value is -3.01. The van der Waals surface area contributed by atoms with E-state index in [1.165, 1.54) is 5.56 Å². The van der Waals surface area contributed by atoms with Crippen LogP contribution in [-0.4, -0.2) is 10.8 Å². The molecule has 4 aromatic rings. The fraction of sp³-hybridized carbons (Fsp3) is 0.107. The lowest BCUT2D eigenvalue weighted by molar-refractivity contribution is 0.0708. The van der Waals surface area contributed by atoms with E-state index in [9.17, 15) is 4.79 Å². The Morgan fingerprint density at radius 3 is 2.00 bits per heavy atom. The molecule has 158 valence electrons. The zero-order valence-corrected chi connectivity index (χ0v) is 19.0. The summed E-state index contributed by atoms with van der Waals surface area (Å²) >= 11 is 8.02. The van der Waals surface area contributed by atoms with E-state index in [-0.39, 0.29) is 5.91 Å². The van der Waals surface area contributed by atoms with E-state index in [0.29, 0.717) is 11.6 Å². The van der Waals surface area contributed by atoms with Gasteiger partial charge in [-0.15, -0.1) is 11.8 Å². The molecule has 1 aliphatic rings. The van der Waals surface area contributed by atoms with Crippen LogP contribution in [0.3, 0.4) is 0 Å². The molecule has 0 fully saturated rings. The first-order valence-electron chi connectivity index (χ1n) is 10.6. The van der Waals surface area contributed by atoms with Gasteiger partial charge in [0.15, 0.2) is 0 Å². The Labute approximate surface area is 197 Å². The number of benzene rings is 4. The van der Waals surface area contributed by atoms with E-state index in [0.717, 1.165) is 28.0 Å². The fourth-order valence-corrected chi connectivity index (χ4v) is 5.97. The Bertz CT molecular complexity index is 1230. The van der Waals surface area contributed by atoms with Crippen LogP contribution >= 0.6 is 23.4 Å². The molecule has 0 spiro atoms. The molecule has 1 amide bonds. The number of thioether (sulfide) groups is 1. The quantitative estimate of drug-likeness (QED) is 0.308. The summed E-state index contributed by atoms with van der Waals surface area (Å²) in [5.41, 5.74) is 5.18. The van der Waals surface area contributed by atoms with Crippen molar-refractivity contribution in [2.45, 2.75) is 17.2 Å². The number of carbonyl (C=O) groups excluding carboxylic acids is 1. The highest BCUT2D eigenvalue weighted by Crippen LogP contribution is 2.53. The lowest BCUT2D eigenvalue weighted by Gasteiger charge is -2.39. The van der Waals surface area contributed by atoms with Gasteiger partial charge in [0, 0.05) is 28.4 Å². The summed E-state index contributed by atoms with van der Waals surface area (Å²) in [6, 6.07) is 36.5. The molecule has 1 heterocycles. The number of fused-ring (bicyclic) bond motifs is 1. The van der Waals surface area contributed by atoms with Crippen molar-refractivity contribution < 1.29 is 4.79 Å². The van der Waals surface area contributed by atoms with Crippen LogP contribution in [-0.2, 0) is 17.2 Å². The van der Waals surface area contributed by atoms with Crippen LogP contribution in [0.4, 0.5) is 0 Å². The van der Waals surface area contributed by atoms with Gasteiger partial charge in [-0.3, -0.25) is 4.79 Å². The maximum absolute atomic E-state index is 13.8. The Balaban J connectivity index is 1.67. The number of hydrogen-bond donors (Lipinski definition) is 0. The number of hydrogen-bond acceptors (Lipinski definition) is 2. The van der Waals surface area contributed by atoms with Crippen LogP contribution in [0.2, 0.25) is 5.02 Å². The second-order valence-corrected chi connectivity index (χ2v) is 9.45. The maximum atomic E-state index is 13.8. The van der Waals surface area contributed by atoms with Crippen LogP contribution < -0.4 is 0 Å². The molecule has 0 bridgehead atoms. The van der Waals surface area contributed by atoms with E-state index in [2.05, 4.69) is 42.5 Å². The largest absolute Gasteiger partial charge is 0.311 e. The molecular weight excluding hydrogens is 434 g/mol. The summed E-state index contributed by atoms with van der Waals surface area (Å²) in [5, 5.41) is 0.684. The summed E-state index contributed by atoms with van der Waals surface area (Å²) in [5.74, 6) is 0.830. The zero-order valence-electron chi connectivity index (χ0n) is 17.4. The summed E-state index contributed by atoms with van der Waals surface area (Å²) in [7, 11) is 0. The van der Waals surface area contributed by atoms with Gasteiger partial charge in [0.05, 0.1) is 0 Å². The minimum atomic E-state index is -0.649. The summed E-state index contributed by atoms with van der Waals surface area (Å²) < 4.78 is 0. The zero-order chi connectivity index (χ0) is 22.0. The van der Waals surface area contributed by atoms with Crippen LogP contribution in [0.15, 0.2) is 109 Å². The molecule has 0 aromatic heterocycles. The molecule has 1 atom stereocenters. The van der Waals surface area contributed by atoms with Gasteiger partial charge < -0.3 is 4.90 Å². The van der Waals surface area contributed by atoms with Gasteiger partial charge in [-0.25, -0.2) is 0 Å². The second-order valence-electron chi connectivity index (χ2n) is 7.85. The van der Waals surface area contributed by atoms with E-state index < -0.39 is 4.87 Å². The smallest absolute Gasteiger partial charge is 0.256 e. The molecule has 0 N–H and O–H groups in total. The van der Waals surface area contributed by atoms with E-state index >= 15 is 0 Å². The van der Waals surface area contributed by atoms with Gasteiger partial charge >= 0.3 is 0 Å². The summed E-state index contributed by atoms with van der Waals surface area (Å²) in [4.78, 5) is 15.1. The SMILES string of the molecule is O=C1c2ccccc2C(SCc2ccccc2)(c2ccc(Cl)cc2)N1Cc1ccccc1. The molecule has 1 aliphatic heterocycles. The minimum Gasteiger partial charge on any atom is -0.311 e. The first-order valence-corrected chi connectivity index (χ1v) is 11.9. The maximum Gasteiger partial charge on any atom is 0.256 e. The first kappa shape index (κ1) is 20.9. The van der Waals surface area contributed by atoms with Gasteiger partial charge in [-0.05, 0) is 34.9 Å². The molecule has 1 unspecified atom stereocenters. The standard InChI is InChI=1S/C28H22ClNOS/c29-24-17-15-23(16-18-24)28(32-20-22-11-5-2-6-12-22)26-14-8-7-13-25(26)27(31)30(28)19-21-9-3-1-4-10-21/h1-18H,19-20H2. The average molecular weight is 456 g/mol. The third-order valence-electron chi connectivity index (χ3n) is 5.86. The Morgan fingerprint density at radius 1 is 0.719 bits per heavy atom. The predicted molar refractivity (Wildman–Crippen MR) is 133 cm³/mol. The van der Waals surface area contributed by atoms with Crippen molar-refractivity contribution in [1.82, 2.24) is 4.90 Å². The van der Waals surface area contributed by atoms with Crippen molar-refractivity contribution in [3.63, 3.8) is 0 Å². The van der Waals surface area contributed by atoms with Crippen molar-refractivity contribution in [1.29, 1.82) is 0 Å². The van der Waals surface area contributed by atoms with Gasteiger partial charge in [0.2, 0.25) is 0 Å². The van der Waals surface area contributed by atoms with Crippen LogP contribution in [0.5, 0.6) is 0 Å². The number of carbonyl (C=O) groups is 1. The fourth-order valence-electron chi connectivity index (χ4n) is 4.34. The van der Waals surface area contributed by atoms with Crippen molar-refractivity contribution in [2.24, 2.45) is 0 Å².